The van der Waals surface area contributed by atoms with E-state index < -0.39 is 24.1 Å². The third-order valence-corrected chi connectivity index (χ3v) is 0.743. The molecule has 0 aliphatic carbocycles. The third-order valence-electron chi connectivity index (χ3n) is 0.743. The zero-order chi connectivity index (χ0) is 8.15. The van der Waals surface area contributed by atoms with E-state index in [9.17, 15) is 9.59 Å². The van der Waals surface area contributed by atoms with Crippen molar-refractivity contribution < 1.29 is 24.9 Å². The van der Waals surface area contributed by atoms with Gasteiger partial charge in [-0.2, -0.15) is 0 Å². The van der Waals surface area contributed by atoms with Crippen LogP contribution in [0.15, 0.2) is 11.6 Å². The number of rotatable bonds is 3. The Hall–Kier alpha value is -1.36. The molecule has 0 radical (unpaired) electrons. The molecule has 0 saturated carbocycles. The first-order valence-corrected chi connectivity index (χ1v) is 2.35. The lowest BCUT2D eigenvalue weighted by atomic mass is 10.3. The zero-order valence-corrected chi connectivity index (χ0v) is 4.94. The maximum absolute atomic E-state index is 9.97. The summed E-state index contributed by atoms with van der Waals surface area (Å²) in [6, 6.07) is 0. The zero-order valence-electron chi connectivity index (χ0n) is 4.94. The predicted molar refractivity (Wildman–Crippen MR) is 30.4 cm³/mol. The van der Waals surface area contributed by atoms with Crippen LogP contribution in [0.3, 0.4) is 0 Å². The van der Waals surface area contributed by atoms with Crippen LogP contribution in [0, 0.1) is 0 Å². The summed E-state index contributed by atoms with van der Waals surface area (Å²) in [6.07, 6.45) is 0.447. The number of aliphatic hydroxyl groups excluding tert-OH is 1. The van der Waals surface area contributed by atoms with E-state index in [-0.39, 0.29) is 0 Å². The second-order valence-corrected chi connectivity index (χ2v) is 1.47. The minimum Gasteiger partial charge on any atom is -0.478 e. The van der Waals surface area contributed by atoms with Crippen LogP contribution in [-0.4, -0.2) is 33.9 Å². The van der Waals surface area contributed by atoms with Crippen molar-refractivity contribution in [2.75, 3.05) is 6.61 Å². The fourth-order valence-electron chi connectivity index (χ4n) is 0.324. The smallest absolute Gasteiger partial charge is 0.334 e. The molecule has 0 aromatic carbocycles. The van der Waals surface area contributed by atoms with Gasteiger partial charge in [0.2, 0.25) is 0 Å². The molecule has 0 aromatic rings. The highest BCUT2D eigenvalue weighted by atomic mass is 16.4. The molecule has 0 aromatic heterocycles. The summed E-state index contributed by atoms with van der Waals surface area (Å²) in [5, 5.41) is 24.4. The normalized spacial score (nSPS) is 11.1. The Labute approximate surface area is 56.2 Å². The average Bonchev–Trinajstić information content (AvgIpc) is 1.81. The first-order chi connectivity index (χ1) is 4.57. The van der Waals surface area contributed by atoms with E-state index >= 15 is 0 Å². The van der Waals surface area contributed by atoms with Gasteiger partial charge in [-0.1, -0.05) is 0 Å². The second-order valence-electron chi connectivity index (χ2n) is 1.47. The summed E-state index contributed by atoms with van der Waals surface area (Å²) in [4.78, 5) is 19.8. The first kappa shape index (κ1) is 8.64. The van der Waals surface area contributed by atoms with Crippen molar-refractivity contribution in [3.63, 3.8) is 0 Å². The molecule has 0 spiro atoms. The minimum atomic E-state index is -1.43. The molecule has 5 heteroatoms. The summed E-state index contributed by atoms with van der Waals surface area (Å²) in [5.74, 6) is -2.81. The van der Waals surface area contributed by atoms with E-state index in [4.69, 9.17) is 15.3 Å². The van der Waals surface area contributed by atoms with Crippen LogP contribution in [0.25, 0.3) is 0 Å². The monoisotopic (exact) mass is 146 g/mol. The van der Waals surface area contributed by atoms with Gasteiger partial charge in [-0.15, -0.1) is 0 Å². The molecule has 10 heavy (non-hydrogen) atoms. The molecule has 3 N–H and O–H groups in total. The standard InChI is InChI=1S/C5H6O5/c6-2-3(5(9)10)1-4(7)8/h1,6H,2H2,(H,7,8)(H,9,10)/b3-1-. The van der Waals surface area contributed by atoms with Crippen LogP contribution in [0.1, 0.15) is 0 Å². The predicted octanol–water partition coefficient (Wildman–Crippen LogP) is -0.926. The average molecular weight is 146 g/mol. The first-order valence-electron chi connectivity index (χ1n) is 2.35. The number of aliphatic hydroxyl groups is 1. The third kappa shape index (κ3) is 2.83. The summed E-state index contributed by atoms with van der Waals surface area (Å²) in [6.45, 7) is -0.776. The van der Waals surface area contributed by atoms with Gasteiger partial charge in [0.15, 0.2) is 0 Å². The SMILES string of the molecule is O=C(O)/C=C(/CO)C(=O)O. The molecule has 0 heterocycles. The molecular formula is C5H6O5. The molecule has 56 valence electrons. The fourth-order valence-corrected chi connectivity index (χ4v) is 0.324. The highest BCUT2D eigenvalue weighted by molar-refractivity contribution is 5.94. The Morgan fingerprint density at radius 1 is 1.30 bits per heavy atom. The van der Waals surface area contributed by atoms with E-state index in [0.717, 1.165) is 0 Å². The number of hydrogen-bond acceptors (Lipinski definition) is 3. The largest absolute Gasteiger partial charge is 0.478 e. The molecule has 0 rings (SSSR count). The molecule has 0 bridgehead atoms. The molecule has 0 atom stereocenters. The van der Waals surface area contributed by atoms with Crippen molar-refractivity contribution in [2.45, 2.75) is 0 Å². The Morgan fingerprint density at radius 3 is 1.90 bits per heavy atom. The molecule has 0 aliphatic heterocycles. The van der Waals surface area contributed by atoms with Gasteiger partial charge >= 0.3 is 11.9 Å². The van der Waals surface area contributed by atoms with Crippen molar-refractivity contribution >= 4 is 11.9 Å². The Morgan fingerprint density at radius 2 is 1.80 bits per heavy atom. The summed E-state index contributed by atoms with van der Waals surface area (Å²) >= 11 is 0. The number of aliphatic carboxylic acids is 2. The number of hydrogen-bond donors (Lipinski definition) is 3. The van der Waals surface area contributed by atoms with Crippen molar-refractivity contribution in [1.82, 2.24) is 0 Å². The highest BCUT2D eigenvalue weighted by Crippen LogP contribution is 1.91. The number of carboxylic acids is 2. The van der Waals surface area contributed by atoms with Crippen molar-refractivity contribution in [3.05, 3.63) is 11.6 Å². The number of carbonyl (C=O) groups is 2. The lowest BCUT2D eigenvalue weighted by Gasteiger charge is -1.91. The van der Waals surface area contributed by atoms with E-state index in [1.165, 1.54) is 0 Å². The van der Waals surface area contributed by atoms with E-state index in [0.29, 0.717) is 6.08 Å². The maximum Gasteiger partial charge on any atom is 0.334 e. The van der Waals surface area contributed by atoms with Crippen LogP contribution in [0.2, 0.25) is 0 Å². The molecule has 0 amide bonds. The fraction of sp³-hybridized carbons (Fsp3) is 0.200. The van der Waals surface area contributed by atoms with Crippen LogP contribution < -0.4 is 0 Å². The van der Waals surface area contributed by atoms with E-state index in [1.807, 2.05) is 0 Å². The summed E-state index contributed by atoms with van der Waals surface area (Å²) < 4.78 is 0. The van der Waals surface area contributed by atoms with Crippen LogP contribution in [0.4, 0.5) is 0 Å². The van der Waals surface area contributed by atoms with Gasteiger partial charge in [0.25, 0.3) is 0 Å². The van der Waals surface area contributed by atoms with E-state index in [2.05, 4.69) is 0 Å². The maximum atomic E-state index is 9.97. The van der Waals surface area contributed by atoms with Gasteiger partial charge in [-0.25, -0.2) is 9.59 Å². The van der Waals surface area contributed by atoms with Crippen molar-refractivity contribution in [3.8, 4) is 0 Å². The van der Waals surface area contributed by atoms with Crippen LogP contribution in [-0.2, 0) is 9.59 Å². The molecular weight excluding hydrogens is 140 g/mol. The Kier molecular flexibility index (Phi) is 3.13. The summed E-state index contributed by atoms with van der Waals surface area (Å²) in [5.41, 5.74) is -0.535. The van der Waals surface area contributed by atoms with Gasteiger partial charge in [0.05, 0.1) is 12.2 Å². The number of carboxylic acid groups (broad SMARTS) is 2. The molecule has 0 fully saturated rings. The van der Waals surface area contributed by atoms with Gasteiger partial charge < -0.3 is 15.3 Å². The van der Waals surface area contributed by atoms with Gasteiger partial charge in [0.1, 0.15) is 0 Å². The van der Waals surface area contributed by atoms with E-state index in [1.54, 1.807) is 0 Å². The Bertz CT molecular complexity index is 180. The van der Waals surface area contributed by atoms with Gasteiger partial charge in [-0.05, 0) is 0 Å². The Balaban J connectivity index is 4.34. The van der Waals surface area contributed by atoms with Gasteiger partial charge in [-0.3, -0.25) is 0 Å². The lowest BCUT2D eigenvalue weighted by Crippen LogP contribution is -2.07. The molecule has 0 unspecified atom stereocenters. The molecule has 5 nitrogen and oxygen atoms in total. The lowest BCUT2D eigenvalue weighted by molar-refractivity contribution is -0.135. The van der Waals surface area contributed by atoms with Gasteiger partial charge in [0, 0.05) is 6.08 Å². The van der Waals surface area contributed by atoms with Crippen LogP contribution >= 0.6 is 0 Å². The minimum absolute atomic E-state index is 0.447. The topological polar surface area (TPSA) is 94.8 Å². The second kappa shape index (κ2) is 3.62. The highest BCUT2D eigenvalue weighted by Gasteiger charge is 2.06. The van der Waals surface area contributed by atoms with Crippen molar-refractivity contribution in [1.29, 1.82) is 0 Å². The molecule has 0 aliphatic rings. The van der Waals surface area contributed by atoms with Crippen LogP contribution in [0.5, 0.6) is 0 Å². The quantitative estimate of drug-likeness (QED) is 0.447. The van der Waals surface area contributed by atoms with Crippen molar-refractivity contribution in [2.24, 2.45) is 0 Å². The summed E-state index contributed by atoms with van der Waals surface area (Å²) in [7, 11) is 0. The molecule has 0 saturated heterocycles.